The van der Waals surface area contributed by atoms with Crippen molar-refractivity contribution in [2.24, 2.45) is 0 Å². The molecule has 0 radical (unpaired) electrons. The third-order valence-corrected chi connectivity index (χ3v) is 5.38. The maximum atomic E-state index is 13.4. The topological polar surface area (TPSA) is 137 Å². The van der Waals surface area contributed by atoms with Crippen LogP contribution in [-0.4, -0.2) is 35.9 Å². The summed E-state index contributed by atoms with van der Waals surface area (Å²) < 4.78 is 28.1. The Bertz CT molecular complexity index is 1570. The van der Waals surface area contributed by atoms with Gasteiger partial charge in [0.2, 0.25) is 0 Å². The molecule has 5 aromatic rings. The highest BCUT2D eigenvalue weighted by Gasteiger charge is 2.14. The summed E-state index contributed by atoms with van der Waals surface area (Å²) >= 11 is 0. The second-order valence-corrected chi connectivity index (χ2v) is 7.80. The first-order valence-corrected chi connectivity index (χ1v) is 10.8. The van der Waals surface area contributed by atoms with Crippen molar-refractivity contribution in [1.29, 1.82) is 0 Å². The Morgan fingerprint density at radius 1 is 1.00 bits per heavy atom. The molecule has 0 bridgehead atoms. The van der Waals surface area contributed by atoms with Crippen LogP contribution in [0.1, 0.15) is 21.6 Å². The number of hydrogen-bond donors (Lipinski definition) is 3. The van der Waals surface area contributed by atoms with Gasteiger partial charge in [0.15, 0.2) is 11.6 Å². The van der Waals surface area contributed by atoms with Crippen LogP contribution in [0.2, 0.25) is 0 Å². The predicted octanol–water partition coefficient (Wildman–Crippen LogP) is 3.01. The zero-order chi connectivity index (χ0) is 25.1. The lowest BCUT2D eigenvalue weighted by Crippen LogP contribution is -2.24. The van der Waals surface area contributed by atoms with Crippen LogP contribution in [0, 0.1) is 11.6 Å². The van der Waals surface area contributed by atoms with E-state index in [9.17, 15) is 13.6 Å². The Morgan fingerprint density at radius 2 is 1.89 bits per heavy atom. The van der Waals surface area contributed by atoms with E-state index in [-0.39, 0.29) is 18.7 Å². The summed E-state index contributed by atoms with van der Waals surface area (Å²) in [5, 5.41) is 14.8. The standard InChI is InChI=1S/C24H19F2N9O/c25-19-5-3-14(8-20(19)26)10-30-24(36)17-2-1-7-28-23(17)29-11-15-12-35(34-33-15)16-4-6-21-18(9-16)22(27)32-13-31-21/h1-9,12-13H,10-11H2,(H,28,29)(H,30,36)(H2,27,31,32). The fraction of sp³-hybridized carbons (Fsp3) is 0.0833. The van der Waals surface area contributed by atoms with Gasteiger partial charge in [-0.1, -0.05) is 11.3 Å². The third-order valence-electron chi connectivity index (χ3n) is 5.38. The molecule has 3 aromatic heterocycles. The number of amides is 1. The van der Waals surface area contributed by atoms with Crippen LogP contribution < -0.4 is 16.4 Å². The number of rotatable bonds is 7. The third kappa shape index (κ3) is 4.78. The molecule has 4 N–H and O–H groups in total. The number of halogens is 2. The molecule has 0 saturated heterocycles. The van der Waals surface area contributed by atoms with Crippen molar-refractivity contribution >= 4 is 28.4 Å². The zero-order valence-electron chi connectivity index (χ0n) is 18.7. The van der Waals surface area contributed by atoms with Crippen LogP contribution in [-0.2, 0) is 13.1 Å². The van der Waals surface area contributed by atoms with Gasteiger partial charge in [-0.3, -0.25) is 4.79 Å². The Morgan fingerprint density at radius 3 is 2.75 bits per heavy atom. The summed E-state index contributed by atoms with van der Waals surface area (Å²) in [5.74, 6) is -1.63. The minimum absolute atomic E-state index is 0.0278. The van der Waals surface area contributed by atoms with Gasteiger partial charge in [-0.05, 0) is 48.0 Å². The lowest BCUT2D eigenvalue weighted by atomic mass is 10.2. The van der Waals surface area contributed by atoms with Crippen LogP contribution in [0.15, 0.2) is 67.3 Å². The zero-order valence-corrected chi connectivity index (χ0v) is 18.7. The molecule has 12 heteroatoms. The quantitative estimate of drug-likeness (QED) is 0.319. The molecule has 0 saturated carbocycles. The highest BCUT2D eigenvalue weighted by atomic mass is 19.2. The van der Waals surface area contributed by atoms with Gasteiger partial charge in [-0.2, -0.15) is 0 Å². The van der Waals surface area contributed by atoms with Gasteiger partial charge in [0.05, 0.1) is 29.5 Å². The van der Waals surface area contributed by atoms with E-state index in [1.807, 2.05) is 18.2 Å². The molecule has 0 atom stereocenters. The van der Waals surface area contributed by atoms with Crippen LogP contribution in [0.25, 0.3) is 16.6 Å². The molecule has 0 aliphatic carbocycles. The summed E-state index contributed by atoms with van der Waals surface area (Å²) in [5.41, 5.74) is 8.73. The molecule has 36 heavy (non-hydrogen) atoms. The van der Waals surface area contributed by atoms with Crippen LogP contribution >= 0.6 is 0 Å². The van der Waals surface area contributed by atoms with E-state index >= 15 is 0 Å². The van der Waals surface area contributed by atoms with E-state index in [1.54, 1.807) is 29.2 Å². The molecule has 5 rings (SSSR count). The summed E-state index contributed by atoms with van der Waals surface area (Å²) in [6.45, 7) is 0.277. The average molecular weight is 487 g/mol. The Kier molecular flexibility index (Phi) is 6.14. The van der Waals surface area contributed by atoms with E-state index in [0.717, 1.165) is 23.3 Å². The minimum atomic E-state index is -0.973. The molecule has 10 nitrogen and oxygen atoms in total. The van der Waals surface area contributed by atoms with Crippen LogP contribution in [0.4, 0.5) is 20.4 Å². The minimum Gasteiger partial charge on any atom is -0.383 e. The van der Waals surface area contributed by atoms with E-state index in [2.05, 4.69) is 35.9 Å². The molecule has 180 valence electrons. The van der Waals surface area contributed by atoms with Crippen molar-refractivity contribution in [2.75, 3.05) is 11.1 Å². The highest BCUT2D eigenvalue weighted by Crippen LogP contribution is 2.20. The van der Waals surface area contributed by atoms with Gasteiger partial charge in [0, 0.05) is 18.1 Å². The number of aromatic nitrogens is 6. The monoisotopic (exact) mass is 487 g/mol. The number of nitrogen functional groups attached to an aromatic ring is 1. The number of carbonyl (C=O) groups excluding carboxylic acids is 1. The molecule has 3 heterocycles. The fourth-order valence-electron chi connectivity index (χ4n) is 3.54. The van der Waals surface area contributed by atoms with Gasteiger partial charge >= 0.3 is 0 Å². The first-order chi connectivity index (χ1) is 17.5. The molecular weight excluding hydrogens is 468 g/mol. The van der Waals surface area contributed by atoms with Gasteiger partial charge in [-0.15, -0.1) is 5.10 Å². The second-order valence-electron chi connectivity index (χ2n) is 7.80. The fourth-order valence-corrected chi connectivity index (χ4v) is 3.54. The number of carbonyl (C=O) groups is 1. The SMILES string of the molecule is Nc1ncnc2ccc(-n3cc(CNc4ncccc4C(=O)NCc4ccc(F)c(F)c4)nn3)cc12. The number of nitrogens with zero attached hydrogens (tertiary/aromatic N) is 6. The van der Waals surface area contributed by atoms with Gasteiger partial charge in [0.25, 0.3) is 5.91 Å². The number of anilines is 2. The largest absolute Gasteiger partial charge is 0.383 e. The van der Waals surface area contributed by atoms with Crippen LogP contribution in [0.3, 0.4) is 0 Å². The smallest absolute Gasteiger partial charge is 0.255 e. The highest BCUT2D eigenvalue weighted by molar-refractivity contribution is 5.98. The molecule has 0 fully saturated rings. The predicted molar refractivity (Wildman–Crippen MR) is 128 cm³/mol. The molecule has 1 amide bonds. The first kappa shape index (κ1) is 22.8. The van der Waals surface area contributed by atoms with Gasteiger partial charge < -0.3 is 16.4 Å². The number of benzene rings is 2. The van der Waals surface area contributed by atoms with E-state index in [4.69, 9.17) is 5.73 Å². The number of fused-ring (bicyclic) bond motifs is 1. The summed E-state index contributed by atoms with van der Waals surface area (Å²) in [6.07, 6.45) is 4.69. The van der Waals surface area contributed by atoms with Crippen LogP contribution in [0.5, 0.6) is 0 Å². The van der Waals surface area contributed by atoms with Gasteiger partial charge in [-0.25, -0.2) is 28.4 Å². The normalized spacial score (nSPS) is 10.9. The number of nitrogens with two attached hydrogens (primary N) is 1. The van der Waals surface area contributed by atoms with E-state index in [0.29, 0.717) is 28.3 Å². The molecular formula is C24H19F2N9O. The average Bonchev–Trinajstić information content (AvgIpc) is 3.37. The van der Waals surface area contributed by atoms with Crippen molar-refractivity contribution in [3.63, 3.8) is 0 Å². The first-order valence-electron chi connectivity index (χ1n) is 10.8. The number of nitrogens with one attached hydrogen (secondary N) is 2. The maximum Gasteiger partial charge on any atom is 0.255 e. The molecule has 0 aliphatic heterocycles. The Balaban J connectivity index is 1.26. The van der Waals surface area contributed by atoms with Gasteiger partial charge in [0.1, 0.15) is 23.7 Å². The number of pyridine rings is 1. The van der Waals surface area contributed by atoms with Crippen molar-refractivity contribution < 1.29 is 13.6 Å². The summed E-state index contributed by atoms with van der Waals surface area (Å²) in [6, 6.07) is 12.2. The lowest BCUT2D eigenvalue weighted by Gasteiger charge is -2.10. The summed E-state index contributed by atoms with van der Waals surface area (Å²) in [7, 11) is 0. The van der Waals surface area contributed by atoms with Crippen molar-refractivity contribution in [3.8, 4) is 5.69 Å². The molecule has 0 spiro atoms. The van der Waals surface area contributed by atoms with Crippen molar-refractivity contribution in [2.45, 2.75) is 13.1 Å². The lowest BCUT2D eigenvalue weighted by molar-refractivity contribution is 0.0951. The van der Waals surface area contributed by atoms with Crippen molar-refractivity contribution in [1.82, 2.24) is 35.3 Å². The molecule has 0 unspecified atom stereocenters. The second kappa shape index (κ2) is 9.70. The Hall–Kier alpha value is -5.00. The maximum absolute atomic E-state index is 13.4. The molecule has 2 aromatic carbocycles. The van der Waals surface area contributed by atoms with E-state index < -0.39 is 17.5 Å². The molecule has 0 aliphatic rings. The van der Waals surface area contributed by atoms with Crippen molar-refractivity contribution in [3.05, 3.63) is 95.7 Å². The van der Waals surface area contributed by atoms with E-state index in [1.165, 1.54) is 12.4 Å². The summed E-state index contributed by atoms with van der Waals surface area (Å²) in [4.78, 5) is 25.2. The number of hydrogen-bond acceptors (Lipinski definition) is 8. The Labute approximate surface area is 203 Å².